The minimum Gasteiger partial charge on any atom is -0.380 e. The van der Waals surface area contributed by atoms with Gasteiger partial charge in [0.05, 0.1) is 6.61 Å². The first kappa shape index (κ1) is 15.1. The van der Waals surface area contributed by atoms with Crippen LogP contribution >= 0.6 is 0 Å². The summed E-state index contributed by atoms with van der Waals surface area (Å²) in [6.07, 6.45) is 8.18. The van der Waals surface area contributed by atoms with E-state index in [0.717, 1.165) is 52.2 Å². The highest BCUT2D eigenvalue weighted by Crippen LogP contribution is 2.17. The van der Waals surface area contributed by atoms with Gasteiger partial charge in [-0.15, -0.1) is 0 Å². The third-order valence-electron chi connectivity index (χ3n) is 5.02. The number of urea groups is 1. The van der Waals surface area contributed by atoms with Crippen molar-refractivity contribution in [3.63, 3.8) is 0 Å². The van der Waals surface area contributed by atoms with E-state index in [1.165, 1.54) is 32.1 Å². The van der Waals surface area contributed by atoms with Gasteiger partial charge in [0.2, 0.25) is 0 Å². The summed E-state index contributed by atoms with van der Waals surface area (Å²) in [4.78, 5) is 16.6. The van der Waals surface area contributed by atoms with Crippen LogP contribution in [0.2, 0.25) is 0 Å². The van der Waals surface area contributed by atoms with Crippen LogP contribution in [-0.2, 0) is 4.74 Å². The van der Waals surface area contributed by atoms with Crippen molar-refractivity contribution in [2.45, 2.75) is 57.0 Å². The molecule has 1 unspecified atom stereocenters. The van der Waals surface area contributed by atoms with E-state index in [0.29, 0.717) is 12.1 Å². The average molecular weight is 295 g/mol. The van der Waals surface area contributed by atoms with Crippen molar-refractivity contribution in [1.29, 1.82) is 0 Å². The number of hydrogen-bond acceptors (Lipinski definition) is 3. The fourth-order valence-electron chi connectivity index (χ4n) is 3.73. The van der Waals surface area contributed by atoms with Crippen LogP contribution in [0.1, 0.15) is 44.9 Å². The van der Waals surface area contributed by atoms with E-state index in [9.17, 15) is 4.79 Å². The molecule has 3 aliphatic rings. The number of nitrogens with zero attached hydrogens (tertiary/aromatic N) is 2. The highest BCUT2D eigenvalue weighted by Gasteiger charge is 2.28. The van der Waals surface area contributed by atoms with E-state index in [1.54, 1.807) is 0 Å². The first-order valence-corrected chi connectivity index (χ1v) is 8.70. The Kier molecular flexibility index (Phi) is 5.36. The van der Waals surface area contributed by atoms with Gasteiger partial charge in [-0.3, -0.25) is 0 Å². The molecule has 0 aliphatic carbocycles. The lowest BCUT2D eigenvalue weighted by molar-refractivity contribution is 0.0613. The zero-order valence-corrected chi connectivity index (χ0v) is 13.1. The second-order valence-corrected chi connectivity index (χ2v) is 6.67. The smallest absolute Gasteiger partial charge is 0.319 e. The van der Waals surface area contributed by atoms with E-state index in [4.69, 9.17) is 4.74 Å². The van der Waals surface area contributed by atoms with Crippen LogP contribution < -0.4 is 5.32 Å². The van der Waals surface area contributed by atoms with Crippen LogP contribution in [0.4, 0.5) is 4.79 Å². The second-order valence-electron chi connectivity index (χ2n) is 6.67. The molecular weight excluding hydrogens is 266 g/mol. The number of ether oxygens (including phenoxy) is 1. The largest absolute Gasteiger partial charge is 0.380 e. The number of rotatable bonds is 2. The van der Waals surface area contributed by atoms with Crippen molar-refractivity contribution in [2.75, 3.05) is 39.4 Å². The summed E-state index contributed by atoms with van der Waals surface area (Å²) in [7, 11) is 0. The van der Waals surface area contributed by atoms with Crippen LogP contribution in [0.25, 0.3) is 0 Å². The fraction of sp³-hybridized carbons (Fsp3) is 0.938. The van der Waals surface area contributed by atoms with Crippen molar-refractivity contribution in [3.05, 3.63) is 0 Å². The molecule has 0 bridgehead atoms. The van der Waals surface area contributed by atoms with Crippen molar-refractivity contribution < 1.29 is 9.53 Å². The van der Waals surface area contributed by atoms with Crippen molar-refractivity contribution in [1.82, 2.24) is 15.1 Å². The van der Waals surface area contributed by atoms with E-state index in [2.05, 4.69) is 10.2 Å². The molecule has 5 heteroatoms. The molecule has 0 aromatic heterocycles. The Balaban J connectivity index is 1.40. The minimum atomic E-state index is 0.272. The van der Waals surface area contributed by atoms with Crippen LogP contribution in [-0.4, -0.2) is 67.3 Å². The fourth-order valence-corrected chi connectivity index (χ4v) is 3.73. The van der Waals surface area contributed by atoms with Crippen molar-refractivity contribution in [2.24, 2.45) is 0 Å². The molecule has 3 heterocycles. The molecule has 3 saturated heterocycles. The minimum absolute atomic E-state index is 0.272. The number of carbonyl (C=O) groups is 1. The van der Waals surface area contributed by atoms with Gasteiger partial charge in [-0.2, -0.15) is 0 Å². The zero-order chi connectivity index (χ0) is 14.5. The van der Waals surface area contributed by atoms with Gasteiger partial charge in [0, 0.05) is 44.9 Å². The van der Waals surface area contributed by atoms with E-state index >= 15 is 0 Å². The molecule has 3 fully saturated rings. The molecule has 0 aromatic rings. The molecular formula is C16H29N3O2. The third kappa shape index (κ3) is 4.10. The number of piperidine rings is 2. The van der Waals surface area contributed by atoms with Crippen LogP contribution in [0.3, 0.4) is 0 Å². The molecule has 21 heavy (non-hydrogen) atoms. The third-order valence-corrected chi connectivity index (χ3v) is 5.02. The van der Waals surface area contributed by atoms with Gasteiger partial charge in [0.15, 0.2) is 0 Å². The molecule has 120 valence electrons. The summed E-state index contributed by atoms with van der Waals surface area (Å²) < 4.78 is 5.53. The molecule has 1 atom stereocenters. The highest BCUT2D eigenvalue weighted by atomic mass is 16.5. The predicted molar refractivity (Wildman–Crippen MR) is 82.4 cm³/mol. The normalized spacial score (nSPS) is 28.7. The lowest BCUT2D eigenvalue weighted by atomic mass is 10.0. The summed E-state index contributed by atoms with van der Waals surface area (Å²) >= 11 is 0. The standard InChI is InChI=1S/C16H29N3O2/c20-16(18-8-2-1-3-9-18)19-10-6-14(7-11-19)17-15-5-4-12-21-13-15/h14-15,17H,1-13H2. The Morgan fingerprint density at radius 2 is 1.57 bits per heavy atom. The van der Waals surface area contributed by atoms with Crippen LogP contribution in [0.5, 0.6) is 0 Å². The van der Waals surface area contributed by atoms with E-state index < -0.39 is 0 Å². The zero-order valence-electron chi connectivity index (χ0n) is 13.1. The quantitative estimate of drug-likeness (QED) is 0.845. The predicted octanol–water partition coefficient (Wildman–Crippen LogP) is 1.83. The lowest BCUT2D eigenvalue weighted by Crippen LogP contribution is -2.52. The summed E-state index contributed by atoms with van der Waals surface area (Å²) in [6, 6.07) is 1.35. The van der Waals surface area contributed by atoms with Gasteiger partial charge in [0.1, 0.15) is 0 Å². The maximum absolute atomic E-state index is 12.5. The second kappa shape index (κ2) is 7.45. The first-order chi connectivity index (χ1) is 10.3. The number of hydrogen-bond donors (Lipinski definition) is 1. The van der Waals surface area contributed by atoms with Gasteiger partial charge in [-0.1, -0.05) is 0 Å². The monoisotopic (exact) mass is 295 g/mol. The van der Waals surface area contributed by atoms with Gasteiger partial charge >= 0.3 is 6.03 Å². The molecule has 0 spiro atoms. The topological polar surface area (TPSA) is 44.8 Å². The first-order valence-electron chi connectivity index (χ1n) is 8.70. The molecule has 2 amide bonds. The number of nitrogens with one attached hydrogen (secondary N) is 1. The highest BCUT2D eigenvalue weighted by molar-refractivity contribution is 5.74. The lowest BCUT2D eigenvalue weighted by Gasteiger charge is -2.38. The van der Waals surface area contributed by atoms with E-state index in [1.807, 2.05) is 4.90 Å². The Morgan fingerprint density at radius 1 is 0.857 bits per heavy atom. The summed E-state index contributed by atoms with van der Waals surface area (Å²) in [5.74, 6) is 0. The van der Waals surface area contributed by atoms with Gasteiger partial charge in [-0.25, -0.2) is 4.79 Å². The van der Waals surface area contributed by atoms with E-state index in [-0.39, 0.29) is 6.03 Å². The van der Waals surface area contributed by atoms with Gasteiger partial charge in [0.25, 0.3) is 0 Å². The van der Waals surface area contributed by atoms with Gasteiger partial charge in [-0.05, 0) is 44.9 Å². The van der Waals surface area contributed by atoms with Crippen molar-refractivity contribution in [3.8, 4) is 0 Å². The SMILES string of the molecule is O=C(N1CCCCC1)N1CCC(NC2CCCOC2)CC1. The summed E-state index contributed by atoms with van der Waals surface area (Å²) in [5, 5.41) is 3.72. The molecule has 0 saturated carbocycles. The number of carbonyl (C=O) groups excluding carboxylic acids is 1. The molecule has 0 radical (unpaired) electrons. The number of amides is 2. The van der Waals surface area contributed by atoms with Crippen LogP contribution in [0, 0.1) is 0 Å². The average Bonchev–Trinajstić information content (AvgIpc) is 2.57. The number of likely N-dealkylation sites (tertiary alicyclic amines) is 2. The summed E-state index contributed by atoms with van der Waals surface area (Å²) in [6.45, 7) is 5.49. The Labute approximate surface area is 128 Å². The molecule has 0 aromatic carbocycles. The molecule has 5 nitrogen and oxygen atoms in total. The summed E-state index contributed by atoms with van der Waals surface area (Å²) in [5.41, 5.74) is 0. The molecule has 1 N–H and O–H groups in total. The van der Waals surface area contributed by atoms with Crippen molar-refractivity contribution >= 4 is 6.03 Å². The Bertz CT molecular complexity index is 330. The Hall–Kier alpha value is -0.810. The molecule has 3 aliphatic heterocycles. The van der Waals surface area contributed by atoms with Gasteiger partial charge < -0.3 is 19.9 Å². The maximum atomic E-state index is 12.5. The maximum Gasteiger partial charge on any atom is 0.319 e. The Morgan fingerprint density at radius 3 is 2.24 bits per heavy atom. The molecule has 3 rings (SSSR count). The van der Waals surface area contributed by atoms with Crippen LogP contribution in [0.15, 0.2) is 0 Å².